The van der Waals surface area contributed by atoms with E-state index in [0.717, 1.165) is 0 Å². The van der Waals surface area contributed by atoms with Crippen LogP contribution in [-0.4, -0.2) is 40.1 Å². The van der Waals surface area contributed by atoms with Crippen LogP contribution in [0.1, 0.15) is 16.1 Å². The van der Waals surface area contributed by atoms with Crippen molar-refractivity contribution in [2.45, 2.75) is 6.92 Å². The maximum Gasteiger partial charge on any atom is 0.257 e. The Bertz CT molecular complexity index is 1030. The fourth-order valence-corrected chi connectivity index (χ4v) is 2.91. The number of hydrogen-bond donors (Lipinski definition) is 1. The normalized spacial score (nSPS) is 10.6. The van der Waals surface area contributed by atoms with E-state index in [4.69, 9.17) is 11.6 Å². The van der Waals surface area contributed by atoms with E-state index in [9.17, 15) is 14.0 Å². The zero-order chi connectivity index (χ0) is 20.3. The molecule has 2 amide bonds. The highest BCUT2D eigenvalue weighted by atomic mass is 35.5. The second-order valence-electron chi connectivity index (χ2n) is 6.20. The number of benzene rings is 2. The Labute approximate surface area is 166 Å². The minimum atomic E-state index is -0.444. The van der Waals surface area contributed by atoms with Crippen LogP contribution in [0.3, 0.4) is 0 Å². The van der Waals surface area contributed by atoms with Crippen molar-refractivity contribution in [2.75, 3.05) is 18.9 Å². The van der Waals surface area contributed by atoms with E-state index in [0.29, 0.717) is 16.4 Å². The Morgan fingerprint density at radius 3 is 2.57 bits per heavy atom. The van der Waals surface area contributed by atoms with E-state index in [2.05, 4.69) is 10.4 Å². The first-order valence-corrected chi connectivity index (χ1v) is 8.85. The molecule has 0 unspecified atom stereocenters. The van der Waals surface area contributed by atoms with Crippen LogP contribution < -0.4 is 5.32 Å². The van der Waals surface area contributed by atoms with Gasteiger partial charge < -0.3 is 10.2 Å². The van der Waals surface area contributed by atoms with Gasteiger partial charge in [0, 0.05) is 7.05 Å². The number of halogens is 2. The average molecular weight is 401 g/mol. The molecule has 0 fully saturated rings. The predicted octanol–water partition coefficient (Wildman–Crippen LogP) is 3.68. The summed E-state index contributed by atoms with van der Waals surface area (Å²) in [7, 11) is 1.51. The van der Waals surface area contributed by atoms with Gasteiger partial charge in [-0.25, -0.2) is 9.07 Å². The standard InChI is InChI=1S/C20H18ClFN4O2/c1-13-14(11-23-26(13)18-10-6-4-8-16(18)22)20(28)25(2)12-19(27)24-17-9-5-3-7-15(17)21/h3-11H,12H2,1-2H3,(H,24,27). The molecular formula is C20H18ClFN4O2. The quantitative estimate of drug-likeness (QED) is 0.710. The van der Waals surface area contributed by atoms with Crippen molar-refractivity contribution >= 4 is 29.1 Å². The zero-order valence-corrected chi connectivity index (χ0v) is 16.1. The largest absolute Gasteiger partial charge is 0.332 e. The van der Waals surface area contributed by atoms with Crippen LogP contribution in [0.15, 0.2) is 54.7 Å². The first-order valence-electron chi connectivity index (χ1n) is 8.48. The number of amides is 2. The molecule has 0 atom stereocenters. The molecule has 1 aromatic heterocycles. The number of nitrogens with one attached hydrogen (secondary N) is 1. The van der Waals surface area contributed by atoms with Crippen LogP contribution in [0, 0.1) is 12.7 Å². The summed E-state index contributed by atoms with van der Waals surface area (Å²) >= 11 is 6.02. The summed E-state index contributed by atoms with van der Waals surface area (Å²) in [5.74, 6) is -1.22. The van der Waals surface area contributed by atoms with Crippen molar-refractivity contribution in [3.8, 4) is 5.69 Å². The summed E-state index contributed by atoms with van der Waals surface area (Å²) in [6.45, 7) is 1.50. The number of likely N-dealkylation sites (N-methyl/N-ethyl adjacent to an activating group) is 1. The topological polar surface area (TPSA) is 67.2 Å². The number of carbonyl (C=O) groups excluding carboxylic acids is 2. The van der Waals surface area contributed by atoms with Crippen LogP contribution in [-0.2, 0) is 4.79 Å². The molecular weight excluding hydrogens is 383 g/mol. The first kappa shape index (κ1) is 19.6. The summed E-state index contributed by atoms with van der Waals surface area (Å²) in [6.07, 6.45) is 1.37. The summed E-state index contributed by atoms with van der Waals surface area (Å²) in [4.78, 5) is 26.2. The van der Waals surface area contributed by atoms with E-state index in [1.807, 2.05) is 0 Å². The van der Waals surface area contributed by atoms with Gasteiger partial charge in [0.05, 0.1) is 34.7 Å². The molecule has 0 aliphatic rings. The van der Waals surface area contributed by atoms with E-state index < -0.39 is 11.7 Å². The molecule has 28 heavy (non-hydrogen) atoms. The highest BCUT2D eigenvalue weighted by Gasteiger charge is 2.21. The lowest BCUT2D eigenvalue weighted by molar-refractivity contribution is -0.116. The molecule has 2 aromatic carbocycles. The molecule has 1 heterocycles. The molecule has 0 aliphatic carbocycles. The molecule has 0 saturated carbocycles. The van der Waals surface area contributed by atoms with Gasteiger partial charge in [0.1, 0.15) is 11.5 Å². The van der Waals surface area contributed by atoms with Crippen molar-refractivity contribution < 1.29 is 14.0 Å². The minimum Gasteiger partial charge on any atom is -0.332 e. The van der Waals surface area contributed by atoms with E-state index in [-0.39, 0.29) is 23.7 Å². The zero-order valence-electron chi connectivity index (χ0n) is 15.3. The molecule has 3 rings (SSSR count). The van der Waals surface area contributed by atoms with Crippen molar-refractivity contribution in [2.24, 2.45) is 0 Å². The van der Waals surface area contributed by atoms with Gasteiger partial charge in [0.25, 0.3) is 5.91 Å². The lowest BCUT2D eigenvalue weighted by atomic mass is 10.2. The van der Waals surface area contributed by atoms with Crippen molar-refractivity contribution in [3.63, 3.8) is 0 Å². The fraction of sp³-hybridized carbons (Fsp3) is 0.150. The Morgan fingerprint density at radius 2 is 1.86 bits per heavy atom. The lowest BCUT2D eigenvalue weighted by Gasteiger charge is -2.17. The lowest BCUT2D eigenvalue weighted by Crippen LogP contribution is -2.35. The number of anilines is 1. The summed E-state index contributed by atoms with van der Waals surface area (Å²) < 4.78 is 15.4. The molecule has 0 spiro atoms. The monoisotopic (exact) mass is 400 g/mol. The number of nitrogens with zero attached hydrogens (tertiary/aromatic N) is 3. The number of para-hydroxylation sites is 2. The SMILES string of the molecule is Cc1c(C(=O)N(C)CC(=O)Nc2ccccc2Cl)cnn1-c1ccccc1F. The molecule has 144 valence electrons. The number of hydrogen-bond acceptors (Lipinski definition) is 3. The number of aromatic nitrogens is 2. The second kappa shape index (κ2) is 8.22. The fourth-order valence-electron chi connectivity index (χ4n) is 2.73. The van der Waals surface area contributed by atoms with Gasteiger partial charge in [-0.05, 0) is 31.2 Å². The van der Waals surface area contributed by atoms with Crippen molar-refractivity contribution in [1.82, 2.24) is 14.7 Å². The van der Waals surface area contributed by atoms with Crippen LogP contribution in [0.4, 0.5) is 10.1 Å². The van der Waals surface area contributed by atoms with E-state index in [1.165, 1.54) is 28.9 Å². The molecule has 3 aromatic rings. The van der Waals surface area contributed by atoms with E-state index in [1.54, 1.807) is 49.4 Å². The molecule has 0 aliphatic heterocycles. The van der Waals surface area contributed by atoms with Gasteiger partial charge >= 0.3 is 0 Å². The second-order valence-corrected chi connectivity index (χ2v) is 6.60. The molecule has 8 heteroatoms. The van der Waals surface area contributed by atoms with Gasteiger partial charge in [0.2, 0.25) is 5.91 Å². The smallest absolute Gasteiger partial charge is 0.257 e. The molecule has 1 N–H and O–H groups in total. The maximum atomic E-state index is 14.0. The number of carbonyl (C=O) groups is 2. The Morgan fingerprint density at radius 1 is 1.18 bits per heavy atom. The van der Waals surface area contributed by atoms with Crippen LogP contribution in [0.25, 0.3) is 5.69 Å². The third-order valence-electron chi connectivity index (χ3n) is 4.20. The third kappa shape index (κ3) is 4.04. The van der Waals surface area contributed by atoms with Gasteiger partial charge in [-0.3, -0.25) is 9.59 Å². The van der Waals surface area contributed by atoms with Crippen LogP contribution in [0.2, 0.25) is 5.02 Å². The Balaban J connectivity index is 1.73. The number of rotatable bonds is 5. The van der Waals surface area contributed by atoms with Crippen molar-refractivity contribution in [1.29, 1.82) is 0 Å². The van der Waals surface area contributed by atoms with Crippen LogP contribution >= 0.6 is 11.6 Å². The Kier molecular flexibility index (Phi) is 5.75. The predicted molar refractivity (Wildman–Crippen MR) is 105 cm³/mol. The van der Waals surface area contributed by atoms with Gasteiger partial charge in [-0.1, -0.05) is 35.9 Å². The summed E-state index contributed by atoms with van der Waals surface area (Å²) in [5, 5.41) is 7.19. The van der Waals surface area contributed by atoms with Crippen LogP contribution in [0.5, 0.6) is 0 Å². The van der Waals surface area contributed by atoms with Gasteiger partial charge in [-0.2, -0.15) is 5.10 Å². The highest BCUT2D eigenvalue weighted by Crippen LogP contribution is 2.21. The highest BCUT2D eigenvalue weighted by molar-refractivity contribution is 6.33. The summed E-state index contributed by atoms with van der Waals surface area (Å²) in [6, 6.07) is 13.0. The molecule has 6 nitrogen and oxygen atoms in total. The average Bonchev–Trinajstić information content (AvgIpc) is 3.04. The molecule has 0 radical (unpaired) electrons. The van der Waals surface area contributed by atoms with Crippen molar-refractivity contribution in [3.05, 3.63) is 76.8 Å². The third-order valence-corrected chi connectivity index (χ3v) is 4.53. The minimum absolute atomic E-state index is 0.172. The van der Waals surface area contributed by atoms with Gasteiger partial charge in [-0.15, -0.1) is 0 Å². The first-order chi connectivity index (χ1) is 13.4. The van der Waals surface area contributed by atoms with E-state index >= 15 is 0 Å². The Hall–Kier alpha value is -3.19. The summed E-state index contributed by atoms with van der Waals surface area (Å²) in [5.41, 5.74) is 1.49. The molecule has 0 bridgehead atoms. The molecule has 0 saturated heterocycles. The van der Waals surface area contributed by atoms with Gasteiger partial charge in [0.15, 0.2) is 0 Å². The maximum absolute atomic E-state index is 14.0.